The molecule has 144 valence electrons. The van der Waals surface area contributed by atoms with Crippen molar-refractivity contribution < 1.29 is 19.6 Å². The second-order valence-electron chi connectivity index (χ2n) is 6.42. The Hall–Kier alpha value is -2.44. The second kappa shape index (κ2) is 12.0. The number of hydrogen-bond donors (Lipinski definition) is 2. The third-order valence-corrected chi connectivity index (χ3v) is 4.22. The SMILES string of the molecule is CCCCCCCCCCCC(=O)Nc1ccc(C(=O)O)cc1[N+](=O)[O-]. The van der Waals surface area contributed by atoms with E-state index in [1.807, 2.05) is 0 Å². The van der Waals surface area contributed by atoms with Crippen LogP contribution in [0.4, 0.5) is 11.4 Å². The van der Waals surface area contributed by atoms with Crippen LogP contribution in [-0.4, -0.2) is 21.9 Å². The Morgan fingerprint density at radius 2 is 1.62 bits per heavy atom. The van der Waals surface area contributed by atoms with Crippen LogP contribution in [0.1, 0.15) is 81.5 Å². The van der Waals surface area contributed by atoms with Crippen LogP contribution in [0.5, 0.6) is 0 Å². The van der Waals surface area contributed by atoms with Crippen LogP contribution in [0.15, 0.2) is 18.2 Å². The Morgan fingerprint density at radius 3 is 2.15 bits per heavy atom. The highest BCUT2D eigenvalue weighted by Gasteiger charge is 2.18. The number of carboxylic acid groups (broad SMARTS) is 1. The van der Waals surface area contributed by atoms with Gasteiger partial charge in [-0.2, -0.15) is 0 Å². The van der Waals surface area contributed by atoms with Crippen LogP contribution in [0.2, 0.25) is 0 Å². The van der Waals surface area contributed by atoms with Crippen molar-refractivity contribution in [2.45, 2.75) is 71.1 Å². The van der Waals surface area contributed by atoms with Gasteiger partial charge in [0, 0.05) is 12.5 Å². The molecule has 1 amide bonds. The summed E-state index contributed by atoms with van der Waals surface area (Å²) in [6.45, 7) is 2.19. The molecule has 0 unspecified atom stereocenters. The molecule has 1 rings (SSSR count). The zero-order valence-corrected chi connectivity index (χ0v) is 15.3. The van der Waals surface area contributed by atoms with Gasteiger partial charge in [0.05, 0.1) is 10.5 Å². The first-order valence-electron chi connectivity index (χ1n) is 9.27. The second-order valence-corrected chi connectivity index (χ2v) is 6.42. The van der Waals surface area contributed by atoms with Crippen LogP contribution in [0, 0.1) is 10.1 Å². The summed E-state index contributed by atoms with van der Waals surface area (Å²) in [5, 5.41) is 22.5. The number of amides is 1. The quantitative estimate of drug-likeness (QED) is 0.286. The van der Waals surface area contributed by atoms with E-state index in [1.165, 1.54) is 50.7 Å². The maximum atomic E-state index is 12.0. The number of nitro groups is 1. The summed E-state index contributed by atoms with van der Waals surface area (Å²) in [6.07, 6.45) is 10.6. The average molecular weight is 364 g/mol. The Balaban J connectivity index is 2.35. The number of nitrogens with zero attached hydrogens (tertiary/aromatic N) is 1. The number of nitrogens with one attached hydrogen (secondary N) is 1. The molecule has 0 aliphatic carbocycles. The topological polar surface area (TPSA) is 110 Å². The van der Waals surface area contributed by atoms with Gasteiger partial charge in [0.15, 0.2) is 0 Å². The van der Waals surface area contributed by atoms with Crippen molar-refractivity contribution in [1.82, 2.24) is 0 Å². The molecule has 0 fully saturated rings. The standard InChI is InChI=1S/C19H28N2O5/c1-2-3-4-5-6-7-8-9-10-11-18(22)20-16-13-12-15(19(23)24)14-17(16)21(25)26/h12-14H,2-11H2,1H3,(H,20,22)(H,23,24). The average Bonchev–Trinajstić information content (AvgIpc) is 2.60. The first-order valence-corrected chi connectivity index (χ1v) is 9.27. The maximum Gasteiger partial charge on any atom is 0.335 e. The minimum absolute atomic E-state index is 0.0286. The molecule has 0 saturated heterocycles. The predicted octanol–water partition coefficient (Wildman–Crippen LogP) is 5.15. The van der Waals surface area contributed by atoms with Crippen molar-refractivity contribution >= 4 is 23.3 Å². The van der Waals surface area contributed by atoms with Gasteiger partial charge in [-0.15, -0.1) is 0 Å². The van der Waals surface area contributed by atoms with Crippen molar-refractivity contribution in [3.05, 3.63) is 33.9 Å². The number of hydrogen-bond acceptors (Lipinski definition) is 4. The van der Waals surface area contributed by atoms with Crippen LogP contribution < -0.4 is 5.32 Å². The van der Waals surface area contributed by atoms with Crippen LogP contribution >= 0.6 is 0 Å². The van der Waals surface area contributed by atoms with Crippen molar-refractivity contribution in [2.24, 2.45) is 0 Å². The van der Waals surface area contributed by atoms with Crippen LogP contribution in [-0.2, 0) is 4.79 Å². The Kier molecular flexibility index (Phi) is 9.97. The van der Waals surface area contributed by atoms with E-state index >= 15 is 0 Å². The lowest BCUT2D eigenvalue weighted by molar-refractivity contribution is -0.384. The Labute approximate surface area is 153 Å². The summed E-state index contributed by atoms with van der Waals surface area (Å²) in [7, 11) is 0. The molecular formula is C19H28N2O5. The number of unbranched alkanes of at least 4 members (excludes halogenated alkanes) is 8. The van der Waals surface area contributed by atoms with E-state index < -0.39 is 16.6 Å². The summed E-state index contributed by atoms with van der Waals surface area (Å²) in [6, 6.07) is 3.45. The van der Waals surface area contributed by atoms with Gasteiger partial charge in [-0.05, 0) is 18.6 Å². The highest BCUT2D eigenvalue weighted by atomic mass is 16.6. The third kappa shape index (κ3) is 8.09. The van der Waals surface area contributed by atoms with Gasteiger partial charge < -0.3 is 10.4 Å². The molecule has 26 heavy (non-hydrogen) atoms. The number of rotatable bonds is 13. The van der Waals surface area contributed by atoms with Gasteiger partial charge in [-0.3, -0.25) is 14.9 Å². The first-order chi connectivity index (χ1) is 12.5. The van der Waals surface area contributed by atoms with Crippen LogP contribution in [0.3, 0.4) is 0 Å². The van der Waals surface area contributed by atoms with Gasteiger partial charge in [-0.1, -0.05) is 58.3 Å². The van der Waals surface area contributed by atoms with E-state index in [0.29, 0.717) is 6.42 Å². The van der Waals surface area contributed by atoms with E-state index in [2.05, 4.69) is 12.2 Å². The molecule has 0 radical (unpaired) electrons. The minimum atomic E-state index is -1.25. The van der Waals surface area contributed by atoms with Crippen molar-refractivity contribution in [2.75, 3.05) is 5.32 Å². The van der Waals surface area contributed by atoms with Gasteiger partial charge >= 0.3 is 5.97 Å². The Bertz CT molecular complexity index is 616. The monoisotopic (exact) mass is 364 g/mol. The van der Waals surface area contributed by atoms with E-state index in [0.717, 1.165) is 25.3 Å². The van der Waals surface area contributed by atoms with Crippen molar-refractivity contribution in [3.63, 3.8) is 0 Å². The largest absolute Gasteiger partial charge is 0.478 e. The van der Waals surface area contributed by atoms with Gasteiger partial charge in [0.1, 0.15) is 5.69 Å². The lowest BCUT2D eigenvalue weighted by atomic mass is 10.1. The molecule has 0 heterocycles. The third-order valence-electron chi connectivity index (χ3n) is 4.22. The highest BCUT2D eigenvalue weighted by Crippen LogP contribution is 2.26. The summed E-state index contributed by atoms with van der Waals surface area (Å²) >= 11 is 0. The van der Waals surface area contributed by atoms with E-state index in [9.17, 15) is 19.7 Å². The molecule has 0 spiro atoms. The first kappa shape index (κ1) is 21.6. The number of aromatic carboxylic acids is 1. The summed E-state index contributed by atoms with van der Waals surface area (Å²) in [5.74, 6) is -1.54. The van der Waals surface area contributed by atoms with Crippen molar-refractivity contribution in [3.8, 4) is 0 Å². The lowest BCUT2D eigenvalue weighted by Crippen LogP contribution is -2.13. The molecule has 1 aromatic rings. The molecule has 0 aromatic heterocycles. The molecular weight excluding hydrogens is 336 g/mol. The molecule has 0 bridgehead atoms. The molecule has 2 N–H and O–H groups in total. The number of anilines is 1. The fraction of sp³-hybridized carbons (Fsp3) is 0.579. The number of nitro benzene ring substituents is 1. The molecule has 0 aliphatic heterocycles. The molecule has 7 nitrogen and oxygen atoms in total. The van der Waals surface area contributed by atoms with E-state index in [1.54, 1.807) is 0 Å². The zero-order valence-electron chi connectivity index (χ0n) is 15.3. The molecule has 0 atom stereocenters. The highest BCUT2D eigenvalue weighted by molar-refractivity contribution is 5.95. The van der Waals surface area contributed by atoms with Gasteiger partial charge in [0.2, 0.25) is 5.91 Å². The Morgan fingerprint density at radius 1 is 1.04 bits per heavy atom. The molecule has 0 saturated carbocycles. The van der Waals surface area contributed by atoms with Gasteiger partial charge in [0.25, 0.3) is 5.69 Å². The molecule has 1 aromatic carbocycles. The number of carbonyl (C=O) groups is 2. The smallest absolute Gasteiger partial charge is 0.335 e. The molecule has 7 heteroatoms. The summed E-state index contributed by atoms with van der Waals surface area (Å²) < 4.78 is 0. The fourth-order valence-corrected chi connectivity index (χ4v) is 2.73. The zero-order chi connectivity index (χ0) is 19.4. The summed E-state index contributed by atoms with van der Waals surface area (Å²) in [4.78, 5) is 33.2. The normalized spacial score (nSPS) is 10.5. The predicted molar refractivity (Wildman–Crippen MR) is 101 cm³/mol. The fourth-order valence-electron chi connectivity index (χ4n) is 2.73. The van der Waals surface area contributed by atoms with E-state index in [4.69, 9.17) is 5.11 Å². The van der Waals surface area contributed by atoms with Gasteiger partial charge in [-0.25, -0.2) is 4.79 Å². The van der Waals surface area contributed by atoms with Crippen LogP contribution in [0.25, 0.3) is 0 Å². The lowest BCUT2D eigenvalue weighted by Gasteiger charge is -2.07. The minimum Gasteiger partial charge on any atom is -0.478 e. The number of benzene rings is 1. The summed E-state index contributed by atoms with van der Waals surface area (Å²) in [5.41, 5.74) is -0.570. The van der Waals surface area contributed by atoms with Crippen molar-refractivity contribution in [1.29, 1.82) is 0 Å². The number of carboxylic acids is 1. The molecule has 0 aliphatic rings. The number of carbonyl (C=O) groups excluding carboxylic acids is 1. The maximum absolute atomic E-state index is 12.0. The van der Waals surface area contributed by atoms with E-state index in [-0.39, 0.29) is 17.2 Å².